The van der Waals surface area contributed by atoms with E-state index in [-0.39, 0.29) is 0 Å². The zero-order valence-electron chi connectivity index (χ0n) is 12.4. The largest absolute Gasteiger partial charge is 0.492 e. The minimum atomic E-state index is 0.552. The van der Waals surface area contributed by atoms with E-state index in [4.69, 9.17) is 4.74 Å². The van der Waals surface area contributed by atoms with Crippen molar-refractivity contribution in [2.24, 2.45) is 0 Å². The number of nitrogens with one attached hydrogen (secondary N) is 1. The summed E-state index contributed by atoms with van der Waals surface area (Å²) in [7, 11) is 0. The Morgan fingerprint density at radius 3 is 2.68 bits per heavy atom. The van der Waals surface area contributed by atoms with Crippen LogP contribution in [-0.2, 0) is 0 Å². The van der Waals surface area contributed by atoms with Gasteiger partial charge in [0.2, 0.25) is 0 Å². The second-order valence-electron chi connectivity index (χ2n) is 5.62. The molecule has 0 amide bonds. The van der Waals surface area contributed by atoms with E-state index < -0.39 is 0 Å². The van der Waals surface area contributed by atoms with E-state index in [0.717, 1.165) is 45.1 Å². The van der Waals surface area contributed by atoms with Gasteiger partial charge in [0.1, 0.15) is 12.4 Å². The maximum absolute atomic E-state index is 5.97. The first-order valence-corrected chi connectivity index (χ1v) is 7.33. The molecule has 3 nitrogen and oxygen atoms in total. The summed E-state index contributed by atoms with van der Waals surface area (Å²) in [5.74, 6) is 1.59. The van der Waals surface area contributed by atoms with E-state index >= 15 is 0 Å². The Kier molecular flexibility index (Phi) is 5.23. The molecule has 0 atom stereocenters. The molecule has 0 aliphatic carbocycles. The molecule has 0 spiro atoms. The summed E-state index contributed by atoms with van der Waals surface area (Å²) in [5, 5.41) is 3.37. The number of hydrogen-bond acceptors (Lipinski definition) is 3. The summed E-state index contributed by atoms with van der Waals surface area (Å²) in [6.07, 6.45) is 0. The molecule has 106 valence electrons. The van der Waals surface area contributed by atoms with Crippen molar-refractivity contribution in [1.29, 1.82) is 0 Å². The van der Waals surface area contributed by atoms with Crippen molar-refractivity contribution in [2.75, 3.05) is 39.3 Å². The van der Waals surface area contributed by atoms with Crippen molar-refractivity contribution in [3.8, 4) is 5.75 Å². The second kappa shape index (κ2) is 6.92. The van der Waals surface area contributed by atoms with Gasteiger partial charge in [-0.25, -0.2) is 0 Å². The van der Waals surface area contributed by atoms with Gasteiger partial charge in [-0.3, -0.25) is 4.90 Å². The molecule has 0 unspecified atom stereocenters. The average Bonchev–Trinajstić information content (AvgIpc) is 2.42. The molecule has 1 aromatic carbocycles. The topological polar surface area (TPSA) is 24.5 Å². The molecule has 1 aromatic rings. The Labute approximate surface area is 116 Å². The summed E-state index contributed by atoms with van der Waals surface area (Å²) in [6, 6.07) is 6.55. The van der Waals surface area contributed by atoms with Gasteiger partial charge >= 0.3 is 0 Å². The van der Waals surface area contributed by atoms with Gasteiger partial charge in [0, 0.05) is 32.7 Å². The van der Waals surface area contributed by atoms with E-state index in [2.05, 4.69) is 49.2 Å². The maximum atomic E-state index is 5.97. The zero-order valence-corrected chi connectivity index (χ0v) is 12.4. The van der Waals surface area contributed by atoms with E-state index in [1.165, 1.54) is 11.1 Å². The van der Waals surface area contributed by atoms with Crippen LogP contribution in [0.15, 0.2) is 18.2 Å². The van der Waals surface area contributed by atoms with E-state index in [1.807, 2.05) is 0 Å². The highest BCUT2D eigenvalue weighted by Gasteiger charge is 2.10. The first kappa shape index (κ1) is 14.4. The van der Waals surface area contributed by atoms with Crippen LogP contribution in [0.5, 0.6) is 5.75 Å². The van der Waals surface area contributed by atoms with Gasteiger partial charge < -0.3 is 10.1 Å². The van der Waals surface area contributed by atoms with Crippen LogP contribution < -0.4 is 10.1 Å². The van der Waals surface area contributed by atoms with Crippen LogP contribution in [0.2, 0.25) is 0 Å². The Hall–Kier alpha value is -1.06. The fraction of sp³-hybridized carbons (Fsp3) is 0.625. The highest BCUT2D eigenvalue weighted by molar-refractivity contribution is 5.37. The number of benzene rings is 1. The summed E-state index contributed by atoms with van der Waals surface area (Å²) in [4.78, 5) is 2.46. The van der Waals surface area contributed by atoms with Crippen LogP contribution >= 0.6 is 0 Å². The zero-order chi connectivity index (χ0) is 13.7. The molecular formula is C16H26N2O. The quantitative estimate of drug-likeness (QED) is 0.882. The SMILES string of the molecule is Cc1ccc(C(C)C)cc1OCCN1CCNCC1. The molecule has 1 heterocycles. The Bertz CT molecular complexity index is 398. The van der Waals surface area contributed by atoms with Crippen LogP contribution in [-0.4, -0.2) is 44.2 Å². The predicted octanol–water partition coefficient (Wildman–Crippen LogP) is 2.40. The minimum absolute atomic E-state index is 0.552. The molecule has 0 radical (unpaired) electrons. The minimum Gasteiger partial charge on any atom is -0.492 e. The molecule has 3 heteroatoms. The van der Waals surface area contributed by atoms with Crippen molar-refractivity contribution in [3.05, 3.63) is 29.3 Å². The summed E-state index contributed by atoms with van der Waals surface area (Å²) < 4.78 is 5.97. The second-order valence-corrected chi connectivity index (χ2v) is 5.62. The Balaban J connectivity index is 1.86. The van der Waals surface area contributed by atoms with Crippen molar-refractivity contribution in [1.82, 2.24) is 10.2 Å². The normalized spacial score (nSPS) is 16.8. The number of rotatable bonds is 5. The number of nitrogens with zero attached hydrogens (tertiary/aromatic N) is 1. The van der Waals surface area contributed by atoms with E-state index in [9.17, 15) is 0 Å². The highest BCUT2D eigenvalue weighted by Crippen LogP contribution is 2.24. The van der Waals surface area contributed by atoms with Crippen LogP contribution in [0.1, 0.15) is 30.9 Å². The smallest absolute Gasteiger partial charge is 0.122 e. The van der Waals surface area contributed by atoms with Crippen LogP contribution in [0, 0.1) is 6.92 Å². The first-order chi connectivity index (χ1) is 9.16. The fourth-order valence-electron chi connectivity index (χ4n) is 2.35. The first-order valence-electron chi connectivity index (χ1n) is 7.33. The predicted molar refractivity (Wildman–Crippen MR) is 80.1 cm³/mol. The highest BCUT2D eigenvalue weighted by atomic mass is 16.5. The van der Waals surface area contributed by atoms with Crippen LogP contribution in [0.3, 0.4) is 0 Å². The standard InChI is InChI=1S/C16H26N2O/c1-13(2)15-5-4-14(3)16(12-15)19-11-10-18-8-6-17-7-9-18/h4-5,12-13,17H,6-11H2,1-3H3. The molecule has 19 heavy (non-hydrogen) atoms. The van der Waals surface area contributed by atoms with Gasteiger partial charge in [-0.15, -0.1) is 0 Å². The van der Waals surface area contributed by atoms with Gasteiger partial charge in [-0.2, -0.15) is 0 Å². The Morgan fingerprint density at radius 2 is 2.00 bits per heavy atom. The lowest BCUT2D eigenvalue weighted by Gasteiger charge is -2.27. The third-order valence-corrected chi connectivity index (χ3v) is 3.75. The molecule has 1 saturated heterocycles. The summed E-state index contributed by atoms with van der Waals surface area (Å²) in [5.41, 5.74) is 2.58. The van der Waals surface area contributed by atoms with Gasteiger partial charge in [-0.05, 0) is 30.0 Å². The molecule has 1 aliphatic heterocycles. The lowest BCUT2D eigenvalue weighted by Crippen LogP contribution is -2.44. The molecule has 0 saturated carbocycles. The van der Waals surface area contributed by atoms with E-state index in [0.29, 0.717) is 5.92 Å². The maximum Gasteiger partial charge on any atom is 0.122 e. The molecule has 1 aliphatic rings. The number of hydrogen-bond donors (Lipinski definition) is 1. The van der Waals surface area contributed by atoms with Gasteiger partial charge in [0.15, 0.2) is 0 Å². The average molecular weight is 262 g/mol. The van der Waals surface area contributed by atoms with Crippen LogP contribution in [0.25, 0.3) is 0 Å². The summed E-state index contributed by atoms with van der Waals surface area (Å²) >= 11 is 0. The molecule has 1 N–H and O–H groups in total. The number of ether oxygens (including phenoxy) is 1. The lowest BCUT2D eigenvalue weighted by molar-refractivity contribution is 0.191. The lowest BCUT2D eigenvalue weighted by atomic mass is 10.0. The Morgan fingerprint density at radius 1 is 1.26 bits per heavy atom. The van der Waals surface area contributed by atoms with Crippen LogP contribution in [0.4, 0.5) is 0 Å². The fourth-order valence-corrected chi connectivity index (χ4v) is 2.35. The van der Waals surface area contributed by atoms with Crippen molar-refractivity contribution in [2.45, 2.75) is 26.7 Å². The number of piperazine rings is 1. The van der Waals surface area contributed by atoms with E-state index in [1.54, 1.807) is 0 Å². The van der Waals surface area contributed by atoms with Crippen molar-refractivity contribution >= 4 is 0 Å². The van der Waals surface area contributed by atoms with Gasteiger partial charge in [-0.1, -0.05) is 26.0 Å². The van der Waals surface area contributed by atoms with Gasteiger partial charge in [0.25, 0.3) is 0 Å². The van der Waals surface area contributed by atoms with Crippen molar-refractivity contribution < 1.29 is 4.74 Å². The molecular weight excluding hydrogens is 236 g/mol. The third-order valence-electron chi connectivity index (χ3n) is 3.75. The third kappa shape index (κ3) is 4.22. The molecule has 0 aromatic heterocycles. The molecule has 1 fully saturated rings. The molecule has 0 bridgehead atoms. The molecule has 2 rings (SSSR count). The number of aryl methyl sites for hydroxylation is 1. The monoisotopic (exact) mass is 262 g/mol. The van der Waals surface area contributed by atoms with Gasteiger partial charge in [0.05, 0.1) is 0 Å². The summed E-state index contributed by atoms with van der Waals surface area (Å²) in [6.45, 7) is 12.8. The van der Waals surface area contributed by atoms with Crippen molar-refractivity contribution in [3.63, 3.8) is 0 Å².